The summed E-state index contributed by atoms with van der Waals surface area (Å²) in [5.41, 5.74) is 6.40. The molecule has 190 valence electrons. The first-order valence-electron chi connectivity index (χ1n) is 11.3. The zero-order valence-electron chi connectivity index (χ0n) is 20.5. The number of carbonyl (C=O) groups is 1. The molecule has 0 spiro atoms. The van der Waals surface area contributed by atoms with Crippen molar-refractivity contribution in [2.75, 3.05) is 44.6 Å². The minimum Gasteiger partial charge on any atom is -0.493 e. The Hall–Kier alpha value is -4.31. The normalized spacial score (nSPS) is 11.0. The van der Waals surface area contributed by atoms with Gasteiger partial charge in [-0.2, -0.15) is 0 Å². The van der Waals surface area contributed by atoms with Crippen LogP contribution in [0.1, 0.15) is 18.1 Å². The van der Waals surface area contributed by atoms with Crippen molar-refractivity contribution in [3.8, 4) is 11.5 Å². The molecule has 2 aromatic carbocycles. The number of amides is 1. The number of anilines is 2. The van der Waals surface area contributed by atoms with E-state index >= 15 is 0 Å². The number of ether oxygens (including phenoxy) is 3. The summed E-state index contributed by atoms with van der Waals surface area (Å²) >= 11 is 0. The number of hydrogen-bond donors (Lipinski definition) is 2. The summed E-state index contributed by atoms with van der Waals surface area (Å²) in [7, 11) is 2.98. The van der Waals surface area contributed by atoms with E-state index in [1.165, 1.54) is 23.7 Å². The molecule has 10 heteroatoms. The van der Waals surface area contributed by atoms with Crippen molar-refractivity contribution in [3.63, 3.8) is 0 Å². The van der Waals surface area contributed by atoms with Crippen LogP contribution in [0.4, 0.5) is 11.5 Å². The lowest BCUT2D eigenvalue weighted by molar-refractivity contribution is -0.120. The molecular weight excluding hydrogens is 464 g/mol. The Kier molecular flexibility index (Phi) is 9.07. The molecule has 10 nitrogen and oxygen atoms in total. The molecule has 1 aromatic heterocycles. The highest BCUT2D eigenvalue weighted by Gasteiger charge is 2.25. The van der Waals surface area contributed by atoms with Gasteiger partial charge in [-0.05, 0) is 30.2 Å². The smallest absolute Gasteiger partial charge is 0.330 e. The van der Waals surface area contributed by atoms with Crippen molar-refractivity contribution in [2.24, 2.45) is 0 Å². The highest BCUT2D eigenvalue weighted by Crippen LogP contribution is 2.29. The zero-order chi connectivity index (χ0) is 26.1. The van der Waals surface area contributed by atoms with Crippen LogP contribution in [0.3, 0.4) is 0 Å². The van der Waals surface area contributed by atoms with Gasteiger partial charge in [-0.1, -0.05) is 48.6 Å². The molecule has 3 aromatic rings. The summed E-state index contributed by atoms with van der Waals surface area (Å²) in [6.07, 6.45) is 3.80. The maximum Gasteiger partial charge on any atom is 0.330 e. The lowest BCUT2D eigenvalue weighted by Crippen LogP contribution is -2.44. The van der Waals surface area contributed by atoms with E-state index in [1.807, 2.05) is 55.5 Å². The molecule has 0 aliphatic rings. The van der Waals surface area contributed by atoms with Gasteiger partial charge in [0, 0.05) is 13.7 Å². The van der Waals surface area contributed by atoms with E-state index in [4.69, 9.17) is 19.9 Å². The predicted molar refractivity (Wildman–Crippen MR) is 139 cm³/mol. The third kappa shape index (κ3) is 6.22. The summed E-state index contributed by atoms with van der Waals surface area (Å²) in [6.45, 7) is 1.77. The lowest BCUT2D eigenvalue weighted by atomic mass is 10.2. The SMILES string of the molecule is C/C=C/c1ccc(OCC(=O)N(CCOC)c2c(N)n(Cc3ccccc3)c(=O)[nH]c2=O)c(OC)c1. The molecule has 0 radical (unpaired) electrons. The van der Waals surface area contributed by atoms with E-state index in [0.29, 0.717) is 11.5 Å². The fraction of sp³-hybridized carbons (Fsp3) is 0.269. The Balaban J connectivity index is 1.92. The number of nitrogens with one attached hydrogen (secondary N) is 1. The Morgan fingerprint density at radius 2 is 1.86 bits per heavy atom. The quantitative estimate of drug-likeness (QED) is 0.418. The van der Waals surface area contributed by atoms with Crippen molar-refractivity contribution in [2.45, 2.75) is 13.5 Å². The van der Waals surface area contributed by atoms with Gasteiger partial charge in [-0.15, -0.1) is 0 Å². The summed E-state index contributed by atoms with van der Waals surface area (Å²) in [5, 5.41) is 0. The molecule has 1 heterocycles. The first kappa shape index (κ1) is 26.3. The van der Waals surface area contributed by atoms with Crippen LogP contribution in [0, 0.1) is 0 Å². The van der Waals surface area contributed by atoms with Crippen molar-refractivity contribution in [1.82, 2.24) is 9.55 Å². The monoisotopic (exact) mass is 494 g/mol. The third-order valence-electron chi connectivity index (χ3n) is 5.39. The maximum atomic E-state index is 13.2. The van der Waals surface area contributed by atoms with Gasteiger partial charge in [-0.25, -0.2) is 4.79 Å². The van der Waals surface area contributed by atoms with Crippen LogP contribution in [-0.2, 0) is 16.1 Å². The van der Waals surface area contributed by atoms with Crippen molar-refractivity contribution in [1.29, 1.82) is 0 Å². The average molecular weight is 495 g/mol. The standard InChI is InChI=1S/C26H30N4O6/c1-4-8-18-11-12-20(21(15-18)35-3)36-17-22(31)29(13-14-34-2)23-24(27)30(26(33)28-25(23)32)16-19-9-6-5-7-10-19/h4-12,15H,13-14,16-17,27H2,1-3H3,(H,28,32,33)/b8-4+. The Morgan fingerprint density at radius 3 is 2.53 bits per heavy atom. The van der Waals surface area contributed by atoms with Gasteiger partial charge in [0.2, 0.25) is 0 Å². The van der Waals surface area contributed by atoms with E-state index in [0.717, 1.165) is 11.1 Å². The molecule has 0 saturated carbocycles. The lowest BCUT2D eigenvalue weighted by Gasteiger charge is -2.24. The van der Waals surface area contributed by atoms with Crippen LogP contribution in [0.15, 0.2) is 64.2 Å². The number of hydrogen-bond acceptors (Lipinski definition) is 7. The maximum absolute atomic E-state index is 13.2. The summed E-state index contributed by atoms with van der Waals surface area (Å²) in [6, 6.07) is 14.5. The molecular formula is C26H30N4O6. The largest absolute Gasteiger partial charge is 0.493 e. The fourth-order valence-corrected chi connectivity index (χ4v) is 3.62. The molecule has 0 fully saturated rings. The zero-order valence-corrected chi connectivity index (χ0v) is 20.5. The van der Waals surface area contributed by atoms with Crippen LogP contribution < -0.4 is 31.4 Å². The van der Waals surface area contributed by atoms with Crippen LogP contribution in [0.5, 0.6) is 11.5 Å². The van der Waals surface area contributed by atoms with Crippen molar-refractivity contribution >= 4 is 23.5 Å². The molecule has 1 amide bonds. The molecule has 0 saturated heterocycles. The second-order valence-corrected chi connectivity index (χ2v) is 7.80. The second-order valence-electron chi connectivity index (χ2n) is 7.80. The van der Waals surface area contributed by atoms with Gasteiger partial charge >= 0.3 is 5.69 Å². The van der Waals surface area contributed by atoms with Gasteiger partial charge in [0.1, 0.15) is 5.82 Å². The van der Waals surface area contributed by atoms with Crippen molar-refractivity contribution < 1.29 is 19.0 Å². The van der Waals surface area contributed by atoms with Gasteiger partial charge in [0.15, 0.2) is 23.8 Å². The Bertz CT molecular complexity index is 1330. The van der Waals surface area contributed by atoms with Crippen molar-refractivity contribution in [3.05, 3.63) is 86.6 Å². The fourth-order valence-electron chi connectivity index (χ4n) is 3.62. The number of aromatic nitrogens is 2. The van der Waals surface area contributed by atoms with Gasteiger partial charge in [0.05, 0.1) is 20.3 Å². The second kappa shape index (κ2) is 12.4. The van der Waals surface area contributed by atoms with Crippen LogP contribution in [0.2, 0.25) is 0 Å². The Labute approximate surface area is 208 Å². The number of allylic oxidation sites excluding steroid dienone is 1. The molecule has 3 rings (SSSR count). The minimum absolute atomic E-state index is 0.0207. The molecule has 0 aliphatic heterocycles. The predicted octanol–water partition coefficient (Wildman–Crippen LogP) is 2.27. The van der Waals surface area contributed by atoms with E-state index < -0.39 is 23.8 Å². The van der Waals surface area contributed by atoms with Crippen LogP contribution >= 0.6 is 0 Å². The molecule has 0 bridgehead atoms. The number of methoxy groups -OCH3 is 2. The summed E-state index contributed by atoms with van der Waals surface area (Å²) in [4.78, 5) is 42.0. The highest BCUT2D eigenvalue weighted by molar-refractivity contribution is 5.96. The molecule has 0 unspecified atom stereocenters. The summed E-state index contributed by atoms with van der Waals surface area (Å²) < 4.78 is 17.5. The first-order valence-corrected chi connectivity index (χ1v) is 11.3. The van der Waals surface area contributed by atoms with E-state index in [-0.39, 0.29) is 31.2 Å². The van der Waals surface area contributed by atoms with Crippen LogP contribution in [-0.4, -0.2) is 49.4 Å². The number of carbonyl (C=O) groups excluding carboxylic acids is 1. The van der Waals surface area contributed by atoms with Gasteiger partial charge < -0.3 is 19.9 Å². The molecule has 0 aliphatic carbocycles. The number of H-pyrrole nitrogens is 1. The van der Waals surface area contributed by atoms with Gasteiger partial charge in [-0.3, -0.25) is 24.0 Å². The van der Waals surface area contributed by atoms with E-state index in [1.54, 1.807) is 12.1 Å². The number of nitrogen functional groups attached to an aromatic ring is 1. The van der Waals surface area contributed by atoms with E-state index in [2.05, 4.69) is 4.98 Å². The number of benzene rings is 2. The third-order valence-corrected chi connectivity index (χ3v) is 5.39. The number of rotatable bonds is 11. The molecule has 3 N–H and O–H groups in total. The van der Waals surface area contributed by atoms with E-state index in [9.17, 15) is 14.4 Å². The molecule has 36 heavy (non-hydrogen) atoms. The number of aromatic amines is 1. The number of nitrogens with zero attached hydrogens (tertiary/aromatic N) is 2. The topological polar surface area (TPSA) is 129 Å². The number of nitrogens with two attached hydrogens (primary N) is 1. The minimum atomic E-state index is -0.778. The average Bonchev–Trinajstić information content (AvgIpc) is 2.88. The highest BCUT2D eigenvalue weighted by atomic mass is 16.5. The Morgan fingerprint density at radius 1 is 1.11 bits per heavy atom. The molecule has 0 atom stereocenters. The first-order chi connectivity index (χ1) is 17.4. The van der Waals surface area contributed by atoms with Gasteiger partial charge in [0.25, 0.3) is 11.5 Å². The van der Waals surface area contributed by atoms with Crippen LogP contribution in [0.25, 0.3) is 6.08 Å². The summed E-state index contributed by atoms with van der Waals surface area (Å²) in [5.74, 6) is 0.136.